The van der Waals surface area contributed by atoms with Crippen molar-refractivity contribution in [2.24, 2.45) is 0 Å². The van der Waals surface area contributed by atoms with Gasteiger partial charge in [-0.1, -0.05) is 23.2 Å². The molecule has 1 heterocycles. The fourth-order valence-corrected chi connectivity index (χ4v) is 2.39. The van der Waals surface area contributed by atoms with Crippen molar-refractivity contribution in [1.29, 1.82) is 0 Å². The van der Waals surface area contributed by atoms with Gasteiger partial charge in [-0.3, -0.25) is 4.79 Å². The predicted octanol–water partition coefficient (Wildman–Crippen LogP) is 4.56. The number of hydrogen-bond acceptors (Lipinski definition) is 3. The molecule has 0 aliphatic rings. The number of ketones is 1. The average molecular weight is 287 g/mol. The minimum atomic E-state index is -0.0499. The fraction of sp³-hybridized carbons (Fsp3) is 0.0833. The van der Waals surface area contributed by atoms with Crippen LogP contribution < -0.4 is 0 Å². The van der Waals surface area contributed by atoms with Gasteiger partial charge in [-0.2, -0.15) is 0 Å². The van der Waals surface area contributed by atoms with Crippen molar-refractivity contribution in [3.05, 3.63) is 52.4 Å². The summed E-state index contributed by atoms with van der Waals surface area (Å²) in [5.74, 6) is 0.634. The van der Waals surface area contributed by atoms with Gasteiger partial charge in [0, 0.05) is 4.90 Å². The lowest BCUT2D eigenvalue weighted by Crippen LogP contribution is -2.00. The summed E-state index contributed by atoms with van der Waals surface area (Å²) in [6.45, 7) is 0. The van der Waals surface area contributed by atoms with Crippen molar-refractivity contribution in [2.75, 3.05) is 5.75 Å². The Bertz CT molecular complexity index is 523. The molecule has 88 valence electrons. The Morgan fingerprint density at radius 3 is 2.71 bits per heavy atom. The summed E-state index contributed by atoms with van der Waals surface area (Å²) in [5, 5.41) is 0.996. The summed E-state index contributed by atoms with van der Waals surface area (Å²) >= 11 is 13.1. The van der Waals surface area contributed by atoms with Crippen LogP contribution >= 0.6 is 35.0 Å². The number of rotatable bonds is 4. The molecule has 2 aromatic rings. The highest BCUT2D eigenvalue weighted by molar-refractivity contribution is 8.00. The molecule has 0 atom stereocenters. The minimum absolute atomic E-state index is 0.0499. The van der Waals surface area contributed by atoms with Crippen LogP contribution in [0.5, 0.6) is 0 Å². The Balaban J connectivity index is 1.98. The van der Waals surface area contributed by atoms with E-state index in [9.17, 15) is 4.79 Å². The highest BCUT2D eigenvalue weighted by atomic mass is 35.5. The topological polar surface area (TPSA) is 30.2 Å². The second kappa shape index (κ2) is 5.63. The molecule has 2 nitrogen and oxygen atoms in total. The number of furan rings is 1. The van der Waals surface area contributed by atoms with Crippen LogP contribution in [0, 0.1) is 0 Å². The average Bonchev–Trinajstić information content (AvgIpc) is 2.84. The molecule has 1 aromatic carbocycles. The summed E-state index contributed by atoms with van der Waals surface area (Å²) in [4.78, 5) is 12.6. The fourth-order valence-electron chi connectivity index (χ4n) is 1.22. The summed E-state index contributed by atoms with van der Waals surface area (Å²) in [6.07, 6.45) is 1.48. The first-order valence-corrected chi connectivity index (χ1v) is 6.55. The van der Waals surface area contributed by atoms with E-state index in [0.717, 1.165) is 4.90 Å². The van der Waals surface area contributed by atoms with Gasteiger partial charge < -0.3 is 4.42 Å². The van der Waals surface area contributed by atoms with Crippen molar-refractivity contribution >= 4 is 40.7 Å². The number of hydrogen-bond donors (Lipinski definition) is 0. The second-order valence-electron chi connectivity index (χ2n) is 3.27. The number of carbonyl (C=O) groups excluding carboxylic acids is 1. The Kier molecular flexibility index (Phi) is 4.15. The molecule has 0 radical (unpaired) electrons. The van der Waals surface area contributed by atoms with E-state index in [2.05, 4.69) is 0 Å². The van der Waals surface area contributed by atoms with Crippen molar-refractivity contribution in [2.45, 2.75) is 4.90 Å². The van der Waals surface area contributed by atoms with Crippen LogP contribution in [0.2, 0.25) is 10.0 Å². The highest BCUT2D eigenvalue weighted by Crippen LogP contribution is 2.28. The Morgan fingerprint density at radius 2 is 2.06 bits per heavy atom. The van der Waals surface area contributed by atoms with Gasteiger partial charge in [-0.05, 0) is 30.3 Å². The Hall–Kier alpha value is -0.900. The smallest absolute Gasteiger partial charge is 0.208 e. The maximum absolute atomic E-state index is 11.7. The summed E-state index contributed by atoms with van der Waals surface area (Å²) in [6, 6.07) is 8.62. The normalized spacial score (nSPS) is 10.5. The molecule has 17 heavy (non-hydrogen) atoms. The molecule has 5 heteroatoms. The molecule has 2 rings (SSSR count). The van der Waals surface area contributed by atoms with Gasteiger partial charge in [0.1, 0.15) is 0 Å². The van der Waals surface area contributed by atoms with E-state index in [4.69, 9.17) is 27.6 Å². The first kappa shape index (κ1) is 12.6. The monoisotopic (exact) mass is 286 g/mol. The number of thioether (sulfide) groups is 1. The lowest BCUT2D eigenvalue weighted by Gasteiger charge is -2.01. The van der Waals surface area contributed by atoms with Gasteiger partial charge in [0.15, 0.2) is 5.76 Å². The minimum Gasteiger partial charge on any atom is -0.461 e. The van der Waals surface area contributed by atoms with E-state index < -0.39 is 0 Å². The molecular formula is C12H8Cl2O2S. The third kappa shape index (κ3) is 3.28. The van der Waals surface area contributed by atoms with E-state index in [1.54, 1.807) is 24.3 Å². The molecule has 0 amide bonds. The van der Waals surface area contributed by atoms with Crippen LogP contribution in [0.15, 0.2) is 45.9 Å². The van der Waals surface area contributed by atoms with Crippen molar-refractivity contribution in [3.63, 3.8) is 0 Å². The number of benzene rings is 1. The summed E-state index contributed by atoms with van der Waals surface area (Å²) in [7, 11) is 0. The van der Waals surface area contributed by atoms with Gasteiger partial charge >= 0.3 is 0 Å². The number of Topliss-reactive ketones (excluding diaryl/α,β-unsaturated/α-hetero) is 1. The first-order valence-electron chi connectivity index (χ1n) is 4.81. The molecule has 0 N–H and O–H groups in total. The number of halogens is 2. The van der Waals surface area contributed by atoms with Crippen molar-refractivity contribution in [1.82, 2.24) is 0 Å². The molecule has 1 aromatic heterocycles. The Morgan fingerprint density at radius 1 is 1.24 bits per heavy atom. The van der Waals surface area contributed by atoms with Gasteiger partial charge in [0.05, 0.1) is 22.1 Å². The predicted molar refractivity (Wildman–Crippen MR) is 70.2 cm³/mol. The van der Waals surface area contributed by atoms with E-state index in [-0.39, 0.29) is 5.78 Å². The van der Waals surface area contributed by atoms with Crippen molar-refractivity contribution in [3.8, 4) is 0 Å². The molecular weight excluding hydrogens is 279 g/mol. The van der Waals surface area contributed by atoms with Crippen LogP contribution in [-0.4, -0.2) is 11.5 Å². The van der Waals surface area contributed by atoms with Crippen LogP contribution in [0.1, 0.15) is 10.6 Å². The van der Waals surface area contributed by atoms with Gasteiger partial charge in [-0.15, -0.1) is 11.8 Å². The standard InChI is InChI=1S/C12H8Cl2O2S/c13-9-4-3-8(6-10(9)14)17-7-11(15)12-2-1-5-16-12/h1-6H,7H2. The molecule has 0 saturated heterocycles. The maximum atomic E-state index is 11.7. The highest BCUT2D eigenvalue weighted by Gasteiger charge is 2.09. The van der Waals surface area contributed by atoms with Gasteiger partial charge in [0.2, 0.25) is 5.78 Å². The summed E-state index contributed by atoms with van der Waals surface area (Å²) in [5.41, 5.74) is 0. The van der Waals surface area contributed by atoms with Crippen LogP contribution in [-0.2, 0) is 0 Å². The van der Waals surface area contributed by atoms with E-state index in [1.807, 2.05) is 6.07 Å². The molecule has 0 unspecified atom stereocenters. The van der Waals surface area contributed by atoms with Crippen LogP contribution in [0.3, 0.4) is 0 Å². The van der Waals surface area contributed by atoms with E-state index in [1.165, 1.54) is 18.0 Å². The Labute approximate surface area is 113 Å². The van der Waals surface area contributed by atoms with E-state index in [0.29, 0.717) is 21.6 Å². The second-order valence-corrected chi connectivity index (χ2v) is 5.13. The first-order chi connectivity index (χ1) is 8.16. The van der Waals surface area contributed by atoms with Crippen molar-refractivity contribution < 1.29 is 9.21 Å². The third-order valence-corrected chi connectivity index (χ3v) is 3.79. The zero-order valence-electron chi connectivity index (χ0n) is 8.65. The van der Waals surface area contributed by atoms with Gasteiger partial charge in [-0.25, -0.2) is 0 Å². The summed E-state index contributed by atoms with van der Waals surface area (Å²) < 4.78 is 5.02. The lowest BCUT2D eigenvalue weighted by molar-refractivity contribution is 0.0992. The van der Waals surface area contributed by atoms with Crippen LogP contribution in [0.4, 0.5) is 0 Å². The molecule has 0 aliphatic heterocycles. The largest absolute Gasteiger partial charge is 0.461 e. The molecule has 0 bridgehead atoms. The van der Waals surface area contributed by atoms with Gasteiger partial charge in [0.25, 0.3) is 0 Å². The third-order valence-electron chi connectivity index (χ3n) is 2.06. The quantitative estimate of drug-likeness (QED) is 0.610. The molecule has 0 fully saturated rings. The van der Waals surface area contributed by atoms with Crippen LogP contribution in [0.25, 0.3) is 0 Å². The maximum Gasteiger partial charge on any atom is 0.208 e. The zero-order chi connectivity index (χ0) is 12.3. The SMILES string of the molecule is O=C(CSc1ccc(Cl)c(Cl)c1)c1ccco1. The van der Waals surface area contributed by atoms with E-state index >= 15 is 0 Å². The molecule has 0 saturated carbocycles. The molecule has 0 spiro atoms. The zero-order valence-corrected chi connectivity index (χ0v) is 11.0. The number of carbonyl (C=O) groups is 1. The lowest BCUT2D eigenvalue weighted by atomic mass is 10.3. The molecule has 0 aliphatic carbocycles.